The molecule has 2 N–H and O–H groups in total. The second kappa shape index (κ2) is 5.07. The number of aromatic nitrogens is 2. The van der Waals surface area contributed by atoms with Gasteiger partial charge in [0.1, 0.15) is 12.4 Å². The molecule has 0 fully saturated rings. The van der Waals surface area contributed by atoms with Crippen LogP contribution in [0, 0.1) is 0 Å². The van der Waals surface area contributed by atoms with Gasteiger partial charge in [0.15, 0.2) is 0 Å². The Balaban J connectivity index is 1.91. The highest BCUT2D eigenvalue weighted by atomic mass is 19.4. The van der Waals surface area contributed by atoms with Crippen LogP contribution in [0.4, 0.5) is 13.2 Å². The molecule has 0 amide bonds. The molecule has 1 aliphatic rings. The molecule has 0 spiro atoms. The van der Waals surface area contributed by atoms with Gasteiger partial charge in [-0.15, -0.1) is 0 Å². The minimum Gasteiger partial charge on any atom is -0.372 e. The molecular formula is C10H12F3N3O2. The van der Waals surface area contributed by atoms with Crippen molar-refractivity contribution in [2.24, 2.45) is 0 Å². The van der Waals surface area contributed by atoms with Gasteiger partial charge in [0.05, 0.1) is 17.9 Å². The topological polar surface area (TPSA) is 67.0 Å². The van der Waals surface area contributed by atoms with Crippen molar-refractivity contribution in [3.63, 3.8) is 0 Å². The number of H-pyrrole nitrogens is 1. The molecule has 100 valence electrons. The van der Waals surface area contributed by atoms with Crippen molar-refractivity contribution in [2.75, 3.05) is 13.2 Å². The Hall–Kier alpha value is -1.41. The smallest absolute Gasteiger partial charge is 0.372 e. The van der Waals surface area contributed by atoms with Gasteiger partial charge in [-0.25, -0.2) is 4.98 Å². The standard InChI is InChI=1S/C10H12F3N3O2/c11-10(12,13)5-18-2-1-8-15-7-4-14-3-6(7)9(17)16-8/h14H,1-5H2,(H,15,16,17). The van der Waals surface area contributed by atoms with Crippen LogP contribution >= 0.6 is 0 Å². The van der Waals surface area contributed by atoms with Crippen LogP contribution in [0.1, 0.15) is 17.1 Å². The lowest BCUT2D eigenvalue weighted by molar-refractivity contribution is -0.173. The molecular weight excluding hydrogens is 251 g/mol. The van der Waals surface area contributed by atoms with Crippen molar-refractivity contribution >= 4 is 0 Å². The molecule has 0 aliphatic carbocycles. The number of halogens is 3. The molecule has 1 aromatic rings. The van der Waals surface area contributed by atoms with Crippen LogP contribution in [0.2, 0.25) is 0 Å². The van der Waals surface area contributed by atoms with E-state index in [1.165, 1.54) is 0 Å². The fraction of sp³-hybridized carbons (Fsp3) is 0.600. The van der Waals surface area contributed by atoms with Crippen LogP contribution in [0.15, 0.2) is 4.79 Å². The maximum absolute atomic E-state index is 11.8. The van der Waals surface area contributed by atoms with Crippen LogP contribution in [0.25, 0.3) is 0 Å². The molecule has 2 rings (SSSR count). The maximum atomic E-state index is 11.8. The van der Waals surface area contributed by atoms with Gasteiger partial charge in [-0.1, -0.05) is 0 Å². The summed E-state index contributed by atoms with van der Waals surface area (Å²) in [7, 11) is 0. The highest BCUT2D eigenvalue weighted by molar-refractivity contribution is 5.21. The molecule has 0 atom stereocenters. The Bertz CT molecular complexity index is 484. The fourth-order valence-corrected chi connectivity index (χ4v) is 1.71. The van der Waals surface area contributed by atoms with Crippen LogP contribution in [-0.4, -0.2) is 29.4 Å². The van der Waals surface area contributed by atoms with Gasteiger partial charge in [-0.2, -0.15) is 13.2 Å². The largest absolute Gasteiger partial charge is 0.411 e. The predicted molar refractivity (Wildman–Crippen MR) is 56.0 cm³/mol. The van der Waals surface area contributed by atoms with Crippen LogP contribution < -0.4 is 10.9 Å². The third-order valence-corrected chi connectivity index (χ3v) is 2.49. The lowest BCUT2D eigenvalue weighted by atomic mass is 10.2. The molecule has 5 nitrogen and oxygen atoms in total. The number of fused-ring (bicyclic) bond motifs is 1. The first-order valence-corrected chi connectivity index (χ1v) is 5.42. The summed E-state index contributed by atoms with van der Waals surface area (Å²) in [4.78, 5) is 18.3. The quantitative estimate of drug-likeness (QED) is 0.776. The van der Waals surface area contributed by atoms with Crippen LogP contribution in [0.3, 0.4) is 0 Å². The first-order valence-electron chi connectivity index (χ1n) is 5.42. The van der Waals surface area contributed by atoms with Crippen molar-refractivity contribution in [1.82, 2.24) is 15.3 Å². The van der Waals surface area contributed by atoms with E-state index in [1.54, 1.807) is 0 Å². The van der Waals surface area contributed by atoms with Gasteiger partial charge in [-0.05, 0) is 0 Å². The van der Waals surface area contributed by atoms with Crippen LogP contribution in [-0.2, 0) is 24.2 Å². The minimum atomic E-state index is -4.33. The first-order chi connectivity index (χ1) is 8.46. The average molecular weight is 263 g/mol. The summed E-state index contributed by atoms with van der Waals surface area (Å²) in [6, 6.07) is 0. The Morgan fingerprint density at radius 2 is 2.11 bits per heavy atom. The van der Waals surface area contributed by atoms with E-state index in [9.17, 15) is 18.0 Å². The molecule has 18 heavy (non-hydrogen) atoms. The van der Waals surface area contributed by atoms with Crippen LogP contribution in [0.5, 0.6) is 0 Å². The second-order valence-electron chi connectivity index (χ2n) is 3.96. The summed E-state index contributed by atoms with van der Waals surface area (Å²) in [6.07, 6.45) is -4.18. The van der Waals surface area contributed by atoms with E-state index in [2.05, 4.69) is 20.0 Å². The summed E-state index contributed by atoms with van der Waals surface area (Å²) in [6.45, 7) is -0.434. The zero-order valence-electron chi connectivity index (χ0n) is 9.43. The third kappa shape index (κ3) is 3.30. The SMILES string of the molecule is O=c1[nH]c(CCOCC(F)(F)F)nc2c1CNC2. The number of ether oxygens (including phenoxy) is 1. The zero-order valence-corrected chi connectivity index (χ0v) is 9.43. The minimum absolute atomic E-state index is 0.130. The number of rotatable bonds is 4. The number of nitrogens with zero attached hydrogens (tertiary/aromatic N) is 1. The van der Waals surface area contributed by atoms with E-state index in [0.717, 1.165) is 0 Å². The van der Waals surface area contributed by atoms with Gasteiger partial charge >= 0.3 is 6.18 Å². The zero-order chi connectivity index (χ0) is 13.2. The van der Waals surface area contributed by atoms with E-state index >= 15 is 0 Å². The van der Waals surface area contributed by atoms with Gasteiger partial charge < -0.3 is 15.0 Å². The van der Waals surface area contributed by atoms with E-state index in [4.69, 9.17) is 0 Å². The second-order valence-corrected chi connectivity index (χ2v) is 3.96. The van der Waals surface area contributed by atoms with Crippen molar-refractivity contribution in [2.45, 2.75) is 25.7 Å². The molecule has 0 radical (unpaired) electrons. The maximum Gasteiger partial charge on any atom is 0.411 e. The lowest BCUT2D eigenvalue weighted by Crippen LogP contribution is -2.20. The molecule has 1 aromatic heterocycles. The summed E-state index contributed by atoms with van der Waals surface area (Å²) in [5.41, 5.74) is 1.01. The number of aromatic amines is 1. The van der Waals surface area contributed by atoms with Gasteiger partial charge in [0.2, 0.25) is 0 Å². The summed E-state index contributed by atoms with van der Waals surface area (Å²) >= 11 is 0. The van der Waals surface area contributed by atoms with Gasteiger partial charge in [0.25, 0.3) is 5.56 Å². The van der Waals surface area contributed by atoms with Gasteiger partial charge in [0, 0.05) is 19.5 Å². The molecule has 8 heteroatoms. The van der Waals surface area contributed by atoms with Crippen molar-refractivity contribution in [3.05, 3.63) is 27.4 Å². The molecule has 0 saturated heterocycles. The van der Waals surface area contributed by atoms with E-state index in [1.807, 2.05) is 0 Å². The third-order valence-electron chi connectivity index (χ3n) is 2.49. The molecule has 0 bridgehead atoms. The Labute approximate surface area is 100 Å². The van der Waals surface area contributed by atoms with E-state index < -0.39 is 12.8 Å². The molecule has 0 unspecified atom stereocenters. The van der Waals surface area contributed by atoms with Crippen molar-refractivity contribution in [3.8, 4) is 0 Å². The average Bonchev–Trinajstić information content (AvgIpc) is 2.71. The Morgan fingerprint density at radius 3 is 2.83 bits per heavy atom. The number of hydrogen-bond donors (Lipinski definition) is 2. The molecule has 1 aliphatic heterocycles. The summed E-state index contributed by atoms with van der Waals surface area (Å²) in [5, 5.41) is 2.98. The van der Waals surface area contributed by atoms with Crippen molar-refractivity contribution < 1.29 is 17.9 Å². The van der Waals surface area contributed by atoms with Gasteiger partial charge in [-0.3, -0.25) is 4.79 Å². The first kappa shape index (κ1) is 13.0. The predicted octanol–water partition coefficient (Wildman–Crippen LogP) is 0.494. The number of hydrogen-bond acceptors (Lipinski definition) is 4. The monoisotopic (exact) mass is 263 g/mol. The van der Waals surface area contributed by atoms with E-state index in [0.29, 0.717) is 30.2 Å². The lowest BCUT2D eigenvalue weighted by Gasteiger charge is -2.07. The Morgan fingerprint density at radius 1 is 1.33 bits per heavy atom. The van der Waals surface area contributed by atoms with Crippen molar-refractivity contribution in [1.29, 1.82) is 0 Å². The number of alkyl halides is 3. The highest BCUT2D eigenvalue weighted by Crippen LogP contribution is 2.14. The fourth-order valence-electron chi connectivity index (χ4n) is 1.71. The van der Waals surface area contributed by atoms with E-state index in [-0.39, 0.29) is 18.6 Å². The molecule has 0 saturated carbocycles. The summed E-state index contributed by atoms with van der Waals surface area (Å²) < 4.78 is 39.9. The number of nitrogens with one attached hydrogen (secondary N) is 2. The molecule has 2 heterocycles. The molecule has 0 aromatic carbocycles. The highest BCUT2D eigenvalue weighted by Gasteiger charge is 2.27. The normalized spacial score (nSPS) is 14.8. The summed E-state index contributed by atoms with van der Waals surface area (Å²) in [5.74, 6) is 0.352. The Kier molecular flexibility index (Phi) is 3.67.